The molecule has 0 aliphatic carbocycles. The predicted molar refractivity (Wildman–Crippen MR) is 100 cm³/mol. The Bertz CT molecular complexity index is 839. The van der Waals surface area contributed by atoms with Gasteiger partial charge in [0.15, 0.2) is 11.5 Å². The van der Waals surface area contributed by atoms with Crippen LogP contribution in [0.3, 0.4) is 0 Å². The van der Waals surface area contributed by atoms with Crippen LogP contribution in [0, 0.1) is 0 Å². The van der Waals surface area contributed by atoms with Gasteiger partial charge in [-0.3, -0.25) is 9.78 Å². The van der Waals surface area contributed by atoms with Gasteiger partial charge in [-0.25, -0.2) is 4.79 Å². The SMILES string of the molecule is COc1cccc(OC)c1OC1CCN(C(=O)c2cc(C(=O)O)ccn2)CC1. The summed E-state index contributed by atoms with van der Waals surface area (Å²) >= 11 is 0. The van der Waals surface area contributed by atoms with E-state index >= 15 is 0 Å². The van der Waals surface area contributed by atoms with Crippen molar-refractivity contribution < 1.29 is 28.9 Å². The normalized spacial score (nSPS) is 14.4. The lowest BCUT2D eigenvalue weighted by Crippen LogP contribution is -2.42. The molecule has 0 atom stereocenters. The number of piperidine rings is 1. The highest BCUT2D eigenvalue weighted by molar-refractivity contribution is 5.95. The molecule has 0 radical (unpaired) electrons. The molecule has 1 aliphatic rings. The molecule has 2 heterocycles. The third kappa shape index (κ3) is 4.16. The Morgan fingerprint density at radius 1 is 1.11 bits per heavy atom. The molecule has 1 aromatic heterocycles. The van der Waals surface area contributed by atoms with Gasteiger partial charge in [0.25, 0.3) is 5.91 Å². The van der Waals surface area contributed by atoms with Crippen molar-refractivity contribution in [2.45, 2.75) is 18.9 Å². The molecule has 0 unspecified atom stereocenters. The maximum absolute atomic E-state index is 12.6. The molecular formula is C20H22N2O6. The Hall–Kier alpha value is -3.29. The van der Waals surface area contributed by atoms with Crippen LogP contribution in [0.4, 0.5) is 0 Å². The standard InChI is InChI=1S/C20H22N2O6/c1-26-16-4-3-5-17(27-2)18(16)28-14-7-10-22(11-8-14)19(23)15-12-13(20(24)25)6-9-21-15/h3-6,9,12,14H,7-8,10-11H2,1-2H3,(H,24,25). The van der Waals surface area contributed by atoms with Crippen LogP contribution >= 0.6 is 0 Å². The van der Waals surface area contributed by atoms with Gasteiger partial charge in [-0.15, -0.1) is 0 Å². The zero-order valence-corrected chi connectivity index (χ0v) is 15.8. The summed E-state index contributed by atoms with van der Waals surface area (Å²) in [6.45, 7) is 0.972. The van der Waals surface area contributed by atoms with Gasteiger partial charge in [-0.1, -0.05) is 6.07 Å². The van der Waals surface area contributed by atoms with Crippen molar-refractivity contribution >= 4 is 11.9 Å². The lowest BCUT2D eigenvalue weighted by Gasteiger charge is -2.32. The second-order valence-electron chi connectivity index (χ2n) is 6.34. The van der Waals surface area contributed by atoms with E-state index in [-0.39, 0.29) is 23.3 Å². The summed E-state index contributed by atoms with van der Waals surface area (Å²) in [5.74, 6) is 0.360. The van der Waals surface area contributed by atoms with E-state index in [1.165, 1.54) is 18.3 Å². The van der Waals surface area contributed by atoms with E-state index in [0.717, 1.165) is 0 Å². The van der Waals surface area contributed by atoms with Crippen molar-refractivity contribution in [2.24, 2.45) is 0 Å². The van der Waals surface area contributed by atoms with E-state index in [0.29, 0.717) is 43.2 Å². The van der Waals surface area contributed by atoms with Gasteiger partial charge in [-0.05, 0) is 24.3 Å². The van der Waals surface area contributed by atoms with Crippen LogP contribution in [0.1, 0.15) is 33.7 Å². The molecular weight excluding hydrogens is 364 g/mol. The fourth-order valence-corrected chi connectivity index (χ4v) is 3.12. The van der Waals surface area contributed by atoms with Gasteiger partial charge in [0.1, 0.15) is 11.8 Å². The lowest BCUT2D eigenvalue weighted by atomic mass is 10.1. The van der Waals surface area contributed by atoms with Gasteiger partial charge in [0, 0.05) is 32.1 Å². The molecule has 1 amide bonds. The molecule has 0 bridgehead atoms. The third-order valence-electron chi connectivity index (χ3n) is 4.62. The number of carbonyl (C=O) groups excluding carboxylic acids is 1. The number of methoxy groups -OCH3 is 2. The molecule has 28 heavy (non-hydrogen) atoms. The summed E-state index contributed by atoms with van der Waals surface area (Å²) in [6.07, 6.45) is 2.50. The Labute approximate surface area is 162 Å². The number of likely N-dealkylation sites (tertiary alicyclic amines) is 1. The number of rotatable bonds is 6. The number of hydrogen-bond donors (Lipinski definition) is 1. The van der Waals surface area contributed by atoms with E-state index in [9.17, 15) is 9.59 Å². The maximum atomic E-state index is 12.6. The number of hydrogen-bond acceptors (Lipinski definition) is 6. The van der Waals surface area contributed by atoms with Crippen molar-refractivity contribution in [2.75, 3.05) is 27.3 Å². The van der Waals surface area contributed by atoms with Crippen molar-refractivity contribution in [3.8, 4) is 17.2 Å². The fourth-order valence-electron chi connectivity index (χ4n) is 3.12. The molecule has 0 spiro atoms. The molecule has 148 valence electrons. The first-order chi connectivity index (χ1) is 13.5. The van der Waals surface area contributed by atoms with E-state index < -0.39 is 5.97 Å². The van der Waals surface area contributed by atoms with Crippen molar-refractivity contribution in [3.05, 3.63) is 47.8 Å². The highest BCUT2D eigenvalue weighted by Crippen LogP contribution is 2.38. The van der Waals surface area contributed by atoms with Crippen molar-refractivity contribution in [3.63, 3.8) is 0 Å². The zero-order chi connectivity index (χ0) is 20.1. The molecule has 0 saturated carbocycles. The van der Waals surface area contributed by atoms with Gasteiger partial charge >= 0.3 is 5.97 Å². The Balaban J connectivity index is 1.64. The predicted octanol–water partition coefficient (Wildman–Crippen LogP) is 2.48. The molecule has 3 rings (SSSR count). The molecule has 8 nitrogen and oxygen atoms in total. The first-order valence-electron chi connectivity index (χ1n) is 8.89. The van der Waals surface area contributed by atoms with Crippen LogP contribution in [0.25, 0.3) is 0 Å². The number of aromatic carboxylic acids is 1. The molecule has 1 fully saturated rings. The number of carboxylic acids is 1. The maximum Gasteiger partial charge on any atom is 0.335 e. The quantitative estimate of drug-likeness (QED) is 0.814. The summed E-state index contributed by atoms with van der Waals surface area (Å²) in [5.41, 5.74) is 0.172. The highest BCUT2D eigenvalue weighted by Gasteiger charge is 2.27. The summed E-state index contributed by atoms with van der Waals surface area (Å²) in [6, 6.07) is 8.09. The number of pyridine rings is 1. The Morgan fingerprint density at radius 3 is 2.32 bits per heavy atom. The monoisotopic (exact) mass is 386 g/mol. The number of carboxylic acid groups (broad SMARTS) is 1. The van der Waals surface area contributed by atoms with Gasteiger partial charge in [0.05, 0.1) is 19.8 Å². The second kappa shape index (κ2) is 8.60. The third-order valence-corrected chi connectivity index (χ3v) is 4.62. The van der Waals surface area contributed by atoms with Crippen LogP contribution in [0.15, 0.2) is 36.5 Å². The number of aromatic nitrogens is 1. The number of amides is 1. The molecule has 1 N–H and O–H groups in total. The zero-order valence-electron chi connectivity index (χ0n) is 15.8. The second-order valence-corrected chi connectivity index (χ2v) is 6.34. The van der Waals surface area contributed by atoms with Crippen LogP contribution in [0.5, 0.6) is 17.2 Å². The molecule has 2 aromatic rings. The van der Waals surface area contributed by atoms with Gasteiger partial charge in [-0.2, -0.15) is 0 Å². The molecule has 1 aromatic carbocycles. The smallest absolute Gasteiger partial charge is 0.335 e. The topological polar surface area (TPSA) is 98.2 Å². The fraction of sp³-hybridized carbons (Fsp3) is 0.350. The summed E-state index contributed by atoms with van der Waals surface area (Å²) in [7, 11) is 3.14. The summed E-state index contributed by atoms with van der Waals surface area (Å²) in [5, 5.41) is 9.07. The number of ether oxygens (including phenoxy) is 3. The van der Waals surface area contributed by atoms with Gasteiger partial charge < -0.3 is 24.2 Å². The number of nitrogens with zero attached hydrogens (tertiary/aromatic N) is 2. The van der Waals surface area contributed by atoms with E-state index in [1.54, 1.807) is 31.3 Å². The number of carbonyl (C=O) groups is 2. The average molecular weight is 386 g/mol. The van der Waals surface area contributed by atoms with Crippen molar-refractivity contribution in [1.82, 2.24) is 9.88 Å². The summed E-state index contributed by atoms with van der Waals surface area (Å²) in [4.78, 5) is 29.4. The van der Waals surface area contributed by atoms with Crippen LogP contribution < -0.4 is 14.2 Å². The van der Waals surface area contributed by atoms with Crippen LogP contribution in [-0.4, -0.2) is 60.3 Å². The Morgan fingerprint density at radius 2 is 1.75 bits per heavy atom. The summed E-state index contributed by atoms with van der Waals surface area (Å²) < 4.78 is 16.8. The Kier molecular flexibility index (Phi) is 5.98. The average Bonchev–Trinajstić information content (AvgIpc) is 2.74. The number of benzene rings is 1. The minimum atomic E-state index is -1.09. The lowest BCUT2D eigenvalue weighted by molar-refractivity contribution is 0.0579. The largest absolute Gasteiger partial charge is 0.493 e. The molecule has 8 heteroatoms. The first kappa shape index (κ1) is 19.5. The highest BCUT2D eigenvalue weighted by atomic mass is 16.5. The van der Waals surface area contributed by atoms with Crippen LogP contribution in [-0.2, 0) is 0 Å². The molecule has 1 aliphatic heterocycles. The van der Waals surface area contributed by atoms with Gasteiger partial charge in [0.2, 0.25) is 5.75 Å². The first-order valence-corrected chi connectivity index (χ1v) is 8.89. The minimum absolute atomic E-state index is 0.0415. The van der Waals surface area contributed by atoms with E-state index in [1.807, 2.05) is 6.07 Å². The van der Waals surface area contributed by atoms with E-state index in [2.05, 4.69) is 4.98 Å². The van der Waals surface area contributed by atoms with Crippen LogP contribution in [0.2, 0.25) is 0 Å². The molecule has 1 saturated heterocycles. The minimum Gasteiger partial charge on any atom is -0.493 e. The number of para-hydroxylation sites is 1. The van der Waals surface area contributed by atoms with Crippen molar-refractivity contribution in [1.29, 1.82) is 0 Å². The van der Waals surface area contributed by atoms with E-state index in [4.69, 9.17) is 19.3 Å².